The molecule has 3 rings (SSSR count). The van der Waals surface area contributed by atoms with Crippen LogP contribution in [0.1, 0.15) is 29.9 Å². The van der Waals surface area contributed by atoms with Gasteiger partial charge in [0.15, 0.2) is 0 Å². The minimum absolute atomic E-state index is 0.223. The van der Waals surface area contributed by atoms with E-state index in [0.717, 1.165) is 11.1 Å². The van der Waals surface area contributed by atoms with Crippen LogP contribution in [-0.4, -0.2) is 32.8 Å². The van der Waals surface area contributed by atoms with Gasteiger partial charge in [0.2, 0.25) is 0 Å². The van der Waals surface area contributed by atoms with Crippen molar-refractivity contribution in [3.8, 4) is 29.0 Å². The van der Waals surface area contributed by atoms with Crippen molar-refractivity contribution >= 4 is 5.91 Å². The Morgan fingerprint density at radius 1 is 1.48 bits per heavy atom. The van der Waals surface area contributed by atoms with Crippen LogP contribution in [0.4, 0.5) is 0 Å². The highest BCUT2D eigenvalue weighted by atomic mass is 16.5. The van der Waals surface area contributed by atoms with E-state index in [0.29, 0.717) is 24.7 Å². The number of hydrogen-bond acceptors (Lipinski definition) is 4. The van der Waals surface area contributed by atoms with Gasteiger partial charge in [-0.1, -0.05) is 11.8 Å². The highest BCUT2D eigenvalue weighted by molar-refractivity contribution is 5.91. The predicted molar refractivity (Wildman–Crippen MR) is 84.9 cm³/mol. The molecule has 0 spiro atoms. The zero-order valence-electron chi connectivity index (χ0n) is 13.0. The maximum Gasteiger partial charge on any atom is 0.268 e. The number of nitrogens with two attached hydrogens (primary N) is 1. The van der Waals surface area contributed by atoms with Crippen molar-refractivity contribution in [3.05, 3.63) is 35.7 Å². The molecule has 6 nitrogen and oxygen atoms in total. The van der Waals surface area contributed by atoms with Gasteiger partial charge in [-0.15, -0.1) is 0 Å². The molecule has 1 aromatic carbocycles. The third-order valence-corrected chi connectivity index (χ3v) is 3.35. The first-order chi connectivity index (χ1) is 10.8. The number of amides is 1. The number of hydrogen-bond donors (Lipinski definition) is 2. The van der Waals surface area contributed by atoms with E-state index >= 15 is 0 Å². The lowest BCUT2D eigenvalue weighted by Gasteiger charge is -2.08. The third kappa shape index (κ3) is 3.20. The van der Waals surface area contributed by atoms with Crippen molar-refractivity contribution in [2.24, 2.45) is 5.73 Å². The molecule has 0 fully saturated rings. The maximum atomic E-state index is 11.4. The first-order valence-electron chi connectivity index (χ1n) is 7.23. The lowest BCUT2D eigenvalue weighted by atomic mass is 10.1. The summed E-state index contributed by atoms with van der Waals surface area (Å²) in [6, 6.07) is 5.48. The molecule has 1 aliphatic heterocycles. The predicted octanol–water partition coefficient (Wildman–Crippen LogP) is 1.16. The number of carbonyl (C=O) groups excluding carboxylic acids is 1. The maximum absolute atomic E-state index is 11.4. The van der Waals surface area contributed by atoms with Crippen molar-refractivity contribution in [1.29, 1.82) is 0 Å². The number of fused-ring (bicyclic) bond motifs is 3. The minimum Gasteiger partial charge on any atom is -0.491 e. The summed E-state index contributed by atoms with van der Waals surface area (Å²) >= 11 is 0. The number of imidazole rings is 1. The van der Waals surface area contributed by atoms with E-state index < -0.39 is 11.5 Å². The summed E-state index contributed by atoms with van der Waals surface area (Å²) in [5.41, 5.74) is 5.94. The Morgan fingerprint density at radius 3 is 2.96 bits per heavy atom. The number of benzene rings is 1. The fourth-order valence-electron chi connectivity index (χ4n) is 2.31. The minimum atomic E-state index is -1.07. The number of rotatable bonds is 1. The van der Waals surface area contributed by atoms with Crippen LogP contribution in [0.25, 0.3) is 11.4 Å². The van der Waals surface area contributed by atoms with Gasteiger partial charge >= 0.3 is 0 Å². The van der Waals surface area contributed by atoms with Crippen molar-refractivity contribution < 1.29 is 14.6 Å². The molecule has 0 atom stereocenters. The summed E-state index contributed by atoms with van der Waals surface area (Å²) in [6.45, 7) is 4.30. The molecule has 1 aromatic heterocycles. The summed E-state index contributed by atoms with van der Waals surface area (Å²) in [5, 5.41) is 9.72. The van der Waals surface area contributed by atoms with Crippen molar-refractivity contribution in [1.82, 2.24) is 9.55 Å². The smallest absolute Gasteiger partial charge is 0.268 e. The Morgan fingerprint density at radius 2 is 2.26 bits per heavy atom. The quantitative estimate of drug-likeness (QED) is 0.773. The first-order valence-corrected chi connectivity index (χ1v) is 7.23. The molecule has 0 bridgehead atoms. The lowest BCUT2D eigenvalue weighted by molar-refractivity contribution is 0.0995. The summed E-state index contributed by atoms with van der Waals surface area (Å²) in [4.78, 5) is 15.7. The van der Waals surface area contributed by atoms with E-state index in [4.69, 9.17) is 10.5 Å². The van der Waals surface area contributed by atoms with Crippen LogP contribution >= 0.6 is 0 Å². The molecule has 118 valence electrons. The molecule has 0 saturated carbocycles. The largest absolute Gasteiger partial charge is 0.491 e. The second-order valence-corrected chi connectivity index (χ2v) is 5.88. The lowest BCUT2D eigenvalue weighted by Crippen LogP contribution is -2.14. The van der Waals surface area contributed by atoms with Gasteiger partial charge < -0.3 is 20.1 Å². The van der Waals surface area contributed by atoms with E-state index in [1.165, 1.54) is 0 Å². The van der Waals surface area contributed by atoms with Crippen LogP contribution in [0.15, 0.2) is 24.4 Å². The Balaban J connectivity index is 2.10. The average Bonchev–Trinajstić information content (AvgIpc) is 2.82. The Bertz CT molecular complexity index is 835. The van der Waals surface area contributed by atoms with Crippen molar-refractivity contribution in [3.63, 3.8) is 0 Å². The number of aliphatic hydroxyl groups is 1. The van der Waals surface area contributed by atoms with E-state index in [2.05, 4.69) is 16.8 Å². The molecule has 0 saturated heterocycles. The normalized spacial score (nSPS) is 13.0. The number of aromatic nitrogens is 2. The van der Waals surface area contributed by atoms with Crippen LogP contribution in [0.3, 0.4) is 0 Å². The first kappa shape index (κ1) is 15.1. The highest BCUT2D eigenvalue weighted by Crippen LogP contribution is 2.32. The third-order valence-electron chi connectivity index (χ3n) is 3.35. The Labute approximate surface area is 133 Å². The van der Waals surface area contributed by atoms with Gasteiger partial charge in [0.1, 0.15) is 29.5 Å². The van der Waals surface area contributed by atoms with Crippen molar-refractivity contribution in [2.75, 3.05) is 6.61 Å². The van der Waals surface area contributed by atoms with Crippen LogP contribution in [0.5, 0.6) is 5.75 Å². The summed E-state index contributed by atoms with van der Waals surface area (Å²) in [6.07, 6.45) is 1.63. The summed E-state index contributed by atoms with van der Waals surface area (Å²) in [5.74, 6) is 6.44. The molecule has 2 aromatic rings. The van der Waals surface area contributed by atoms with Crippen LogP contribution in [0, 0.1) is 11.8 Å². The SMILES string of the molecule is CC(C)(O)C#Cc1ccc2c(c1)-c1nc(C(N)=O)cn1CCO2. The zero-order chi connectivity index (χ0) is 16.6. The topological polar surface area (TPSA) is 90.4 Å². The van der Waals surface area contributed by atoms with E-state index in [1.807, 2.05) is 22.8 Å². The van der Waals surface area contributed by atoms with E-state index in [9.17, 15) is 9.90 Å². The monoisotopic (exact) mass is 311 g/mol. The van der Waals surface area contributed by atoms with E-state index in [-0.39, 0.29) is 5.69 Å². The molecular formula is C17H17N3O3. The standard InChI is InChI=1S/C17H17N3O3/c1-17(2,22)6-5-11-3-4-14-12(9-11)16-19-13(15(18)21)10-20(16)7-8-23-14/h3-4,9-10,22H,7-8H2,1-2H3,(H2,18,21). The molecule has 1 aliphatic rings. The van der Waals surface area contributed by atoms with Crippen LogP contribution < -0.4 is 10.5 Å². The van der Waals surface area contributed by atoms with Gasteiger partial charge in [-0.25, -0.2) is 4.98 Å². The molecule has 3 N–H and O–H groups in total. The Hall–Kier alpha value is -2.78. The van der Waals surface area contributed by atoms with Crippen molar-refractivity contribution in [2.45, 2.75) is 26.0 Å². The molecule has 0 unspecified atom stereocenters. The highest BCUT2D eigenvalue weighted by Gasteiger charge is 2.20. The van der Waals surface area contributed by atoms with Crippen LogP contribution in [-0.2, 0) is 6.54 Å². The van der Waals surface area contributed by atoms with E-state index in [1.54, 1.807) is 20.0 Å². The molecule has 6 heteroatoms. The molecular weight excluding hydrogens is 294 g/mol. The summed E-state index contributed by atoms with van der Waals surface area (Å²) in [7, 11) is 0. The summed E-state index contributed by atoms with van der Waals surface area (Å²) < 4.78 is 7.56. The van der Waals surface area contributed by atoms with Gasteiger partial charge in [0, 0.05) is 11.8 Å². The van der Waals surface area contributed by atoms with Gasteiger partial charge in [0.25, 0.3) is 5.91 Å². The fraction of sp³-hybridized carbons (Fsp3) is 0.294. The van der Waals surface area contributed by atoms with Gasteiger partial charge in [-0.2, -0.15) is 0 Å². The Kier molecular flexibility index (Phi) is 3.58. The molecule has 23 heavy (non-hydrogen) atoms. The second-order valence-electron chi connectivity index (χ2n) is 5.88. The number of carbonyl (C=O) groups is 1. The second kappa shape index (κ2) is 5.45. The van der Waals surface area contributed by atoms with Gasteiger partial charge in [-0.05, 0) is 32.0 Å². The molecule has 1 amide bonds. The molecule has 0 aliphatic carbocycles. The number of ether oxygens (including phenoxy) is 1. The average molecular weight is 311 g/mol. The van der Waals surface area contributed by atoms with Gasteiger partial charge in [-0.3, -0.25) is 4.79 Å². The molecule has 0 radical (unpaired) electrons. The zero-order valence-corrected chi connectivity index (χ0v) is 13.0. The number of primary amides is 1. The van der Waals surface area contributed by atoms with Crippen LogP contribution in [0.2, 0.25) is 0 Å². The number of nitrogens with zero attached hydrogens (tertiary/aromatic N) is 2. The fourth-order valence-corrected chi connectivity index (χ4v) is 2.31. The molecule has 2 heterocycles. The van der Waals surface area contributed by atoms with Gasteiger partial charge in [0.05, 0.1) is 12.1 Å².